The summed E-state index contributed by atoms with van der Waals surface area (Å²) in [6.45, 7) is 12.5. The van der Waals surface area contributed by atoms with E-state index in [1.807, 2.05) is 0 Å². The van der Waals surface area contributed by atoms with Gasteiger partial charge in [-0.1, -0.05) is 30.7 Å². The van der Waals surface area contributed by atoms with Crippen LogP contribution in [0.4, 0.5) is 0 Å². The number of ether oxygens (including phenoxy) is 1. The number of rotatable bonds is 5. The molecule has 3 saturated heterocycles. The molecule has 1 aromatic carbocycles. The molecule has 1 aromatic rings. The van der Waals surface area contributed by atoms with E-state index in [1.165, 1.54) is 49.8 Å². The topological polar surface area (TPSA) is 40.1 Å². The van der Waals surface area contributed by atoms with Gasteiger partial charge in [0, 0.05) is 44.2 Å². The fourth-order valence-corrected chi connectivity index (χ4v) is 5.15. The third-order valence-corrected chi connectivity index (χ3v) is 7.09. The molecular weight excluding hydrogens is 360 g/mol. The van der Waals surface area contributed by atoms with E-state index in [-0.39, 0.29) is 0 Å². The van der Waals surface area contributed by atoms with Gasteiger partial charge in [-0.25, -0.2) is 4.99 Å². The van der Waals surface area contributed by atoms with E-state index in [0.29, 0.717) is 11.5 Å². The number of nitrogens with zero attached hydrogens (tertiary/aromatic N) is 3. The van der Waals surface area contributed by atoms with Crippen LogP contribution in [0.3, 0.4) is 0 Å². The van der Waals surface area contributed by atoms with Crippen molar-refractivity contribution < 1.29 is 4.74 Å². The molecule has 0 radical (unpaired) electrons. The molecular formula is C24H38N4O. The van der Waals surface area contributed by atoms with Crippen molar-refractivity contribution in [2.45, 2.75) is 65.1 Å². The van der Waals surface area contributed by atoms with Gasteiger partial charge in [-0.05, 0) is 57.2 Å². The normalized spacial score (nSPS) is 28.4. The Balaban J connectivity index is 1.45. The first-order chi connectivity index (χ1) is 14.2. The number of aliphatic imine (C=N–C) groups is 1. The zero-order valence-electron chi connectivity index (χ0n) is 18.3. The third-order valence-electron chi connectivity index (χ3n) is 7.09. The lowest BCUT2D eigenvalue weighted by atomic mass is 9.87. The average Bonchev–Trinajstić information content (AvgIpc) is 3.38. The van der Waals surface area contributed by atoms with Crippen molar-refractivity contribution in [3.8, 4) is 0 Å². The largest absolute Gasteiger partial charge is 0.381 e. The summed E-state index contributed by atoms with van der Waals surface area (Å²) in [7, 11) is 0. The number of likely N-dealkylation sites (tertiary alicyclic amines) is 2. The van der Waals surface area contributed by atoms with Crippen LogP contribution < -0.4 is 5.32 Å². The molecule has 0 amide bonds. The van der Waals surface area contributed by atoms with Crippen LogP contribution in [0.25, 0.3) is 0 Å². The van der Waals surface area contributed by atoms with Gasteiger partial charge in [0.15, 0.2) is 5.96 Å². The number of piperidine rings is 1. The Bertz CT molecular complexity index is 698. The summed E-state index contributed by atoms with van der Waals surface area (Å²) in [5.41, 5.74) is 3.15. The Kier molecular flexibility index (Phi) is 6.76. The molecule has 0 aromatic heterocycles. The van der Waals surface area contributed by atoms with Crippen molar-refractivity contribution in [3.05, 3.63) is 35.4 Å². The van der Waals surface area contributed by atoms with E-state index in [2.05, 4.69) is 53.2 Å². The molecule has 0 bridgehead atoms. The zero-order valence-corrected chi connectivity index (χ0v) is 18.3. The van der Waals surface area contributed by atoms with Crippen LogP contribution in [0.5, 0.6) is 0 Å². The van der Waals surface area contributed by atoms with Crippen molar-refractivity contribution in [2.24, 2.45) is 10.4 Å². The molecule has 2 atom stereocenters. The molecule has 3 aliphatic heterocycles. The second-order valence-electron chi connectivity index (χ2n) is 9.23. The molecule has 3 fully saturated rings. The summed E-state index contributed by atoms with van der Waals surface area (Å²) < 4.78 is 5.70. The van der Waals surface area contributed by atoms with Gasteiger partial charge in [0.25, 0.3) is 0 Å². The standard InChI is InChI=1S/C24H38N4O/c1-3-25-23(28-14-11-24(18-28)12-15-29-19-24)26-16-21-9-4-5-10-22(21)17-27-13-7-6-8-20(27)2/h4-5,9-10,20H,3,6-8,11-19H2,1-2H3,(H,25,26). The molecule has 5 heteroatoms. The molecule has 5 nitrogen and oxygen atoms in total. The molecule has 29 heavy (non-hydrogen) atoms. The molecule has 2 unspecified atom stereocenters. The lowest BCUT2D eigenvalue weighted by Gasteiger charge is -2.33. The molecule has 0 saturated carbocycles. The Morgan fingerprint density at radius 2 is 2.07 bits per heavy atom. The fraction of sp³-hybridized carbons (Fsp3) is 0.708. The van der Waals surface area contributed by atoms with Gasteiger partial charge in [0.1, 0.15) is 0 Å². The van der Waals surface area contributed by atoms with Gasteiger partial charge >= 0.3 is 0 Å². The summed E-state index contributed by atoms with van der Waals surface area (Å²) in [4.78, 5) is 10.2. The average molecular weight is 399 g/mol. The van der Waals surface area contributed by atoms with Crippen molar-refractivity contribution in [2.75, 3.05) is 39.4 Å². The first-order valence-electron chi connectivity index (χ1n) is 11.6. The molecule has 4 rings (SSSR count). The smallest absolute Gasteiger partial charge is 0.194 e. The molecule has 3 heterocycles. The quantitative estimate of drug-likeness (QED) is 0.607. The zero-order chi connectivity index (χ0) is 20.1. The minimum Gasteiger partial charge on any atom is -0.381 e. The van der Waals surface area contributed by atoms with Crippen LogP contribution in [0.2, 0.25) is 0 Å². The molecule has 3 aliphatic rings. The van der Waals surface area contributed by atoms with Gasteiger partial charge in [0.05, 0.1) is 13.2 Å². The second kappa shape index (κ2) is 9.48. The van der Waals surface area contributed by atoms with Crippen LogP contribution in [0.1, 0.15) is 57.1 Å². The number of hydrogen-bond donors (Lipinski definition) is 1. The van der Waals surface area contributed by atoms with Gasteiger partial charge in [0.2, 0.25) is 0 Å². The number of hydrogen-bond acceptors (Lipinski definition) is 3. The van der Waals surface area contributed by atoms with Gasteiger partial charge in [-0.2, -0.15) is 0 Å². The molecule has 1 spiro atoms. The first kappa shape index (κ1) is 20.7. The monoisotopic (exact) mass is 398 g/mol. The highest BCUT2D eigenvalue weighted by atomic mass is 16.5. The van der Waals surface area contributed by atoms with E-state index < -0.39 is 0 Å². The first-order valence-corrected chi connectivity index (χ1v) is 11.6. The van der Waals surface area contributed by atoms with E-state index >= 15 is 0 Å². The maximum absolute atomic E-state index is 5.70. The number of benzene rings is 1. The maximum atomic E-state index is 5.70. The van der Waals surface area contributed by atoms with Crippen LogP contribution in [0.15, 0.2) is 29.3 Å². The van der Waals surface area contributed by atoms with Gasteiger partial charge in [-0.15, -0.1) is 0 Å². The van der Waals surface area contributed by atoms with Crippen molar-refractivity contribution >= 4 is 5.96 Å². The number of guanidine groups is 1. The number of nitrogens with one attached hydrogen (secondary N) is 1. The van der Waals surface area contributed by atoms with Crippen molar-refractivity contribution in [3.63, 3.8) is 0 Å². The van der Waals surface area contributed by atoms with Crippen LogP contribution in [0, 0.1) is 5.41 Å². The predicted molar refractivity (Wildman–Crippen MR) is 119 cm³/mol. The maximum Gasteiger partial charge on any atom is 0.194 e. The van der Waals surface area contributed by atoms with E-state index in [9.17, 15) is 0 Å². The second-order valence-corrected chi connectivity index (χ2v) is 9.23. The summed E-state index contributed by atoms with van der Waals surface area (Å²) in [6.07, 6.45) is 6.44. The summed E-state index contributed by atoms with van der Waals surface area (Å²) in [5, 5.41) is 3.53. The van der Waals surface area contributed by atoms with Crippen LogP contribution in [-0.2, 0) is 17.8 Å². The highest BCUT2D eigenvalue weighted by molar-refractivity contribution is 5.80. The third kappa shape index (κ3) is 4.95. The Morgan fingerprint density at radius 3 is 2.83 bits per heavy atom. The molecule has 0 aliphatic carbocycles. The lowest BCUT2D eigenvalue weighted by molar-refractivity contribution is 0.152. The summed E-state index contributed by atoms with van der Waals surface area (Å²) >= 11 is 0. The summed E-state index contributed by atoms with van der Waals surface area (Å²) in [5.74, 6) is 1.07. The Labute approximate surface area is 176 Å². The van der Waals surface area contributed by atoms with Crippen LogP contribution >= 0.6 is 0 Å². The van der Waals surface area contributed by atoms with E-state index in [0.717, 1.165) is 51.9 Å². The van der Waals surface area contributed by atoms with E-state index in [4.69, 9.17) is 9.73 Å². The highest BCUT2D eigenvalue weighted by Crippen LogP contribution is 2.38. The minimum atomic E-state index is 0.360. The molecule has 160 valence electrons. The Morgan fingerprint density at radius 1 is 1.21 bits per heavy atom. The van der Waals surface area contributed by atoms with Gasteiger partial charge in [-0.3, -0.25) is 4.90 Å². The SMILES string of the molecule is CCNC(=NCc1ccccc1CN1CCCCC1C)N1CCC2(CCOC2)C1. The lowest BCUT2D eigenvalue weighted by Crippen LogP contribution is -2.41. The fourth-order valence-electron chi connectivity index (χ4n) is 5.15. The highest BCUT2D eigenvalue weighted by Gasteiger charge is 2.42. The minimum absolute atomic E-state index is 0.360. The summed E-state index contributed by atoms with van der Waals surface area (Å²) in [6, 6.07) is 9.56. The molecule has 1 N–H and O–H groups in total. The Hall–Kier alpha value is -1.59. The predicted octanol–water partition coefficient (Wildman–Crippen LogP) is 3.64. The van der Waals surface area contributed by atoms with Crippen molar-refractivity contribution in [1.29, 1.82) is 0 Å². The van der Waals surface area contributed by atoms with Crippen LogP contribution in [-0.4, -0.2) is 61.2 Å². The van der Waals surface area contributed by atoms with Gasteiger partial charge < -0.3 is 15.0 Å². The van der Waals surface area contributed by atoms with E-state index in [1.54, 1.807) is 0 Å². The van der Waals surface area contributed by atoms with Crippen molar-refractivity contribution in [1.82, 2.24) is 15.1 Å².